The largest absolute Gasteiger partial charge is 0.465 e. The Kier molecular flexibility index (Phi) is 8.53. The van der Waals surface area contributed by atoms with Gasteiger partial charge in [0.1, 0.15) is 5.75 Å². The van der Waals surface area contributed by atoms with Gasteiger partial charge in [0.25, 0.3) is 0 Å². The molecule has 1 aromatic carbocycles. The SMILES string of the molecule is CC(OCCOC1C=CC=CC=C1)Oc1ccc([C@@H](C(C)C)C(C)(C)C)cc1. The van der Waals surface area contributed by atoms with E-state index in [1.165, 1.54) is 5.56 Å². The average molecular weight is 385 g/mol. The summed E-state index contributed by atoms with van der Waals surface area (Å²) in [6.45, 7) is 14.4. The van der Waals surface area contributed by atoms with E-state index >= 15 is 0 Å². The van der Waals surface area contributed by atoms with Crippen molar-refractivity contribution in [2.45, 2.75) is 59.9 Å². The zero-order valence-electron chi connectivity index (χ0n) is 18.2. The first-order valence-corrected chi connectivity index (χ1v) is 10.3. The second-order valence-corrected chi connectivity index (χ2v) is 8.70. The summed E-state index contributed by atoms with van der Waals surface area (Å²) in [7, 11) is 0. The lowest BCUT2D eigenvalue weighted by molar-refractivity contribution is -0.0851. The third-order valence-corrected chi connectivity index (χ3v) is 4.82. The van der Waals surface area contributed by atoms with Crippen molar-refractivity contribution in [3.8, 4) is 5.75 Å². The van der Waals surface area contributed by atoms with Crippen LogP contribution in [0.25, 0.3) is 0 Å². The summed E-state index contributed by atoms with van der Waals surface area (Å²) in [6.07, 6.45) is 11.7. The molecule has 3 nitrogen and oxygen atoms in total. The molecule has 0 fully saturated rings. The van der Waals surface area contributed by atoms with Crippen molar-refractivity contribution in [2.75, 3.05) is 13.2 Å². The molecule has 1 unspecified atom stereocenters. The number of hydrogen-bond donors (Lipinski definition) is 0. The molecule has 1 aliphatic carbocycles. The monoisotopic (exact) mass is 384 g/mol. The third kappa shape index (κ3) is 7.29. The number of ether oxygens (including phenoxy) is 3. The van der Waals surface area contributed by atoms with Crippen molar-refractivity contribution in [3.63, 3.8) is 0 Å². The smallest absolute Gasteiger partial charge is 0.197 e. The van der Waals surface area contributed by atoms with E-state index in [0.717, 1.165) is 5.75 Å². The molecule has 0 N–H and O–H groups in total. The molecule has 0 aliphatic heterocycles. The summed E-state index contributed by atoms with van der Waals surface area (Å²) in [5, 5.41) is 0. The molecule has 1 aromatic rings. The van der Waals surface area contributed by atoms with Crippen molar-refractivity contribution < 1.29 is 14.2 Å². The summed E-state index contributed by atoms with van der Waals surface area (Å²) >= 11 is 0. The molecule has 0 saturated heterocycles. The van der Waals surface area contributed by atoms with Gasteiger partial charge in [-0.2, -0.15) is 0 Å². The van der Waals surface area contributed by atoms with Crippen LogP contribution in [0.3, 0.4) is 0 Å². The fourth-order valence-electron chi connectivity index (χ4n) is 3.91. The van der Waals surface area contributed by atoms with Crippen LogP contribution in [0.1, 0.15) is 53.0 Å². The highest BCUT2D eigenvalue weighted by atomic mass is 16.7. The second-order valence-electron chi connectivity index (χ2n) is 8.70. The molecule has 2 rings (SSSR count). The van der Waals surface area contributed by atoms with Crippen LogP contribution >= 0.6 is 0 Å². The van der Waals surface area contributed by atoms with Crippen LogP contribution in [0.15, 0.2) is 60.7 Å². The highest BCUT2D eigenvalue weighted by Crippen LogP contribution is 2.40. The van der Waals surface area contributed by atoms with Gasteiger partial charge in [-0.1, -0.05) is 83.2 Å². The van der Waals surface area contributed by atoms with E-state index in [1.54, 1.807) is 0 Å². The molecule has 0 amide bonds. The van der Waals surface area contributed by atoms with Crippen molar-refractivity contribution in [1.82, 2.24) is 0 Å². The molecule has 1 aliphatic rings. The van der Waals surface area contributed by atoms with Gasteiger partial charge < -0.3 is 14.2 Å². The first kappa shape index (κ1) is 22.4. The van der Waals surface area contributed by atoms with Crippen molar-refractivity contribution in [2.24, 2.45) is 11.3 Å². The van der Waals surface area contributed by atoms with Gasteiger partial charge >= 0.3 is 0 Å². The van der Waals surface area contributed by atoms with E-state index in [2.05, 4.69) is 46.8 Å². The van der Waals surface area contributed by atoms with Gasteiger partial charge in [-0.3, -0.25) is 0 Å². The summed E-state index contributed by atoms with van der Waals surface area (Å²) < 4.78 is 17.4. The summed E-state index contributed by atoms with van der Waals surface area (Å²) in [6, 6.07) is 8.45. The molecule has 0 radical (unpaired) electrons. The minimum Gasteiger partial charge on any atom is -0.465 e. The van der Waals surface area contributed by atoms with Crippen LogP contribution < -0.4 is 4.74 Å². The summed E-state index contributed by atoms with van der Waals surface area (Å²) in [5.74, 6) is 1.92. The Morgan fingerprint density at radius 1 is 0.857 bits per heavy atom. The summed E-state index contributed by atoms with van der Waals surface area (Å²) in [5.41, 5.74) is 1.58. The lowest BCUT2D eigenvalue weighted by Crippen LogP contribution is -2.23. The molecule has 0 saturated carbocycles. The predicted octanol–water partition coefficient (Wildman–Crippen LogP) is 6.28. The zero-order valence-corrected chi connectivity index (χ0v) is 18.2. The Morgan fingerprint density at radius 2 is 1.46 bits per heavy atom. The van der Waals surface area contributed by atoms with Gasteiger partial charge in [0.15, 0.2) is 6.29 Å². The second kappa shape index (κ2) is 10.6. The van der Waals surface area contributed by atoms with Crippen LogP contribution in [-0.4, -0.2) is 25.6 Å². The maximum absolute atomic E-state index is 5.89. The van der Waals surface area contributed by atoms with Gasteiger partial charge in [-0.05, 0) is 41.9 Å². The molecular formula is C25H36O3. The van der Waals surface area contributed by atoms with E-state index in [-0.39, 0.29) is 17.8 Å². The number of allylic oxidation sites excluding steroid dienone is 4. The first-order valence-electron chi connectivity index (χ1n) is 10.3. The molecule has 0 aromatic heterocycles. The van der Waals surface area contributed by atoms with E-state index in [0.29, 0.717) is 25.0 Å². The van der Waals surface area contributed by atoms with Gasteiger partial charge in [0.05, 0.1) is 19.3 Å². The number of benzene rings is 1. The molecule has 3 heteroatoms. The Balaban J connectivity index is 1.78. The average Bonchev–Trinajstić information content (AvgIpc) is 2.88. The Bertz CT molecular complexity index is 646. The molecule has 0 bridgehead atoms. The molecule has 0 spiro atoms. The lowest BCUT2D eigenvalue weighted by Gasteiger charge is -2.34. The minimum absolute atomic E-state index is 0.000844. The maximum Gasteiger partial charge on any atom is 0.197 e. The van der Waals surface area contributed by atoms with Crippen molar-refractivity contribution >= 4 is 0 Å². The number of hydrogen-bond acceptors (Lipinski definition) is 3. The topological polar surface area (TPSA) is 27.7 Å². The van der Waals surface area contributed by atoms with Crippen LogP contribution in [0, 0.1) is 11.3 Å². The maximum atomic E-state index is 5.89. The highest BCUT2D eigenvalue weighted by molar-refractivity contribution is 5.30. The number of rotatable bonds is 9. The van der Waals surface area contributed by atoms with E-state index in [9.17, 15) is 0 Å². The molecular weight excluding hydrogens is 348 g/mol. The Morgan fingerprint density at radius 3 is 2.00 bits per heavy atom. The minimum atomic E-state index is -0.320. The van der Waals surface area contributed by atoms with E-state index in [1.807, 2.05) is 55.5 Å². The fourth-order valence-corrected chi connectivity index (χ4v) is 3.91. The highest BCUT2D eigenvalue weighted by Gasteiger charge is 2.28. The molecule has 2 atom stereocenters. The van der Waals surface area contributed by atoms with Gasteiger partial charge in [0, 0.05) is 0 Å². The van der Waals surface area contributed by atoms with E-state index in [4.69, 9.17) is 14.2 Å². The molecule has 154 valence electrons. The van der Waals surface area contributed by atoms with Crippen LogP contribution in [-0.2, 0) is 9.47 Å². The quantitative estimate of drug-likeness (QED) is 0.370. The molecule has 0 heterocycles. The Labute approximate surface area is 171 Å². The van der Waals surface area contributed by atoms with E-state index < -0.39 is 0 Å². The van der Waals surface area contributed by atoms with Gasteiger partial charge in [0.2, 0.25) is 0 Å². The van der Waals surface area contributed by atoms with Crippen molar-refractivity contribution in [1.29, 1.82) is 0 Å². The van der Waals surface area contributed by atoms with Crippen LogP contribution in [0.2, 0.25) is 0 Å². The zero-order chi connectivity index (χ0) is 20.6. The fraction of sp³-hybridized carbons (Fsp3) is 0.520. The predicted molar refractivity (Wildman–Crippen MR) is 117 cm³/mol. The Hall–Kier alpha value is -1.84. The van der Waals surface area contributed by atoms with Gasteiger partial charge in [-0.15, -0.1) is 0 Å². The lowest BCUT2D eigenvalue weighted by atomic mass is 9.70. The standard InChI is InChI=1S/C25H36O3/c1-19(2)24(25(4,5)6)21-13-15-23(16-14-21)28-20(3)26-17-18-27-22-11-9-7-8-10-12-22/h7-16,19-20,22,24H,17-18H2,1-6H3/t20?,24-/m1/s1. The van der Waals surface area contributed by atoms with Crippen LogP contribution in [0.4, 0.5) is 0 Å². The summed E-state index contributed by atoms with van der Waals surface area (Å²) in [4.78, 5) is 0. The van der Waals surface area contributed by atoms with Gasteiger partial charge in [-0.25, -0.2) is 0 Å². The first-order chi connectivity index (χ1) is 13.3. The third-order valence-electron chi connectivity index (χ3n) is 4.82. The normalized spacial score (nSPS) is 17.0. The molecule has 28 heavy (non-hydrogen) atoms. The van der Waals surface area contributed by atoms with Crippen LogP contribution in [0.5, 0.6) is 5.75 Å². The van der Waals surface area contributed by atoms with Crippen molar-refractivity contribution in [3.05, 3.63) is 66.3 Å².